The van der Waals surface area contributed by atoms with Crippen LogP contribution in [-0.2, 0) is 6.54 Å². The van der Waals surface area contributed by atoms with Crippen molar-refractivity contribution in [3.8, 4) is 0 Å². The molecular formula is C12H22N4. The van der Waals surface area contributed by atoms with Crippen LogP contribution in [0.2, 0.25) is 0 Å². The third-order valence-corrected chi connectivity index (χ3v) is 3.52. The average Bonchev–Trinajstić information content (AvgIpc) is 2.56. The molecule has 1 atom stereocenters. The molecule has 2 heterocycles. The van der Waals surface area contributed by atoms with E-state index in [4.69, 9.17) is 5.73 Å². The van der Waals surface area contributed by atoms with E-state index < -0.39 is 0 Å². The highest BCUT2D eigenvalue weighted by molar-refractivity contribution is 5.66. The van der Waals surface area contributed by atoms with Crippen LogP contribution in [0.25, 0.3) is 0 Å². The number of rotatable bonds is 2. The van der Waals surface area contributed by atoms with Crippen LogP contribution in [0.1, 0.15) is 38.8 Å². The van der Waals surface area contributed by atoms with E-state index in [-0.39, 0.29) is 0 Å². The van der Waals surface area contributed by atoms with Gasteiger partial charge in [0.2, 0.25) is 0 Å². The van der Waals surface area contributed by atoms with E-state index in [1.165, 1.54) is 19.3 Å². The summed E-state index contributed by atoms with van der Waals surface area (Å²) in [5.41, 5.74) is 7.96. The lowest BCUT2D eigenvalue weighted by Crippen LogP contribution is -2.39. The summed E-state index contributed by atoms with van der Waals surface area (Å²) in [4.78, 5) is 2.42. The van der Waals surface area contributed by atoms with Gasteiger partial charge in [-0.3, -0.25) is 0 Å². The highest BCUT2D eigenvalue weighted by Gasteiger charge is 2.24. The van der Waals surface area contributed by atoms with E-state index in [1.807, 2.05) is 11.6 Å². The van der Waals surface area contributed by atoms with Crippen LogP contribution < -0.4 is 10.6 Å². The number of nitrogen functional groups attached to an aromatic ring is 1. The quantitative estimate of drug-likeness (QED) is 0.834. The van der Waals surface area contributed by atoms with Crippen LogP contribution >= 0.6 is 0 Å². The monoisotopic (exact) mass is 222 g/mol. The van der Waals surface area contributed by atoms with Gasteiger partial charge in [-0.15, -0.1) is 0 Å². The van der Waals surface area contributed by atoms with Crippen molar-refractivity contribution in [3.05, 3.63) is 5.69 Å². The van der Waals surface area contributed by atoms with Gasteiger partial charge in [0, 0.05) is 19.1 Å². The Labute approximate surface area is 97.4 Å². The zero-order chi connectivity index (χ0) is 11.7. The molecule has 1 fully saturated rings. The van der Waals surface area contributed by atoms with E-state index in [1.54, 1.807) is 0 Å². The summed E-state index contributed by atoms with van der Waals surface area (Å²) in [5, 5.41) is 4.49. The fourth-order valence-corrected chi connectivity index (χ4v) is 2.52. The second-order valence-corrected chi connectivity index (χ2v) is 4.68. The molecule has 4 nitrogen and oxygen atoms in total. The minimum atomic E-state index is 0.581. The highest BCUT2D eigenvalue weighted by Crippen LogP contribution is 2.31. The third-order valence-electron chi connectivity index (χ3n) is 3.52. The molecule has 1 aromatic heterocycles. The van der Waals surface area contributed by atoms with Crippen molar-refractivity contribution in [3.63, 3.8) is 0 Å². The fraction of sp³-hybridized carbons (Fsp3) is 0.750. The molecule has 90 valence electrons. The summed E-state index contributed by atoms with van der Waals surface area (Å²) >= 11 is 0. The van der Waals surface area contributed by atoms with Crippen LogP contribution in [-0.4, -0.2) is 22.4 Å². The maximum absolute atomic E-state index is 6.15. The fourth-order valence-electron chi connectivity index (χ4n) is 2.52. The van der Waals surface area contributed by atoms with Crippen molar-refractivity contribution >= 4 is 11.5 Å². The van der Waals surface area contributed by atoms with Crippen molar-refractivity contribution < 1.29 is 0 Å². The second kappa shape index (κ2) is 4.36. The van der Waals surface area contributed by atoms with E-state index in [2.05, 4.69) is 23.8 Å². The van der Waals surface area contributed by atoms with Gasteiger partial charge in [0.15, 0.2) is 5.82 Å². The molecule has 2 rings (SSSR count). The van der Waals surface area contributed by atoms with Crippen molar-refractivity contribution in [1.82, 2.24) is 9.78 Å². The molecule has 0 radical (unpaired) electrons. The number of piperidine rings is 1. The number of nitrogens with zero attached hydrogens (tertiary/aromatic N) is 3. The van der Waals surface area contributed by atoms with Crippen molar-refractivity contribution in [1.29, 1.82) is 0 Å². The molecule has 0 aliphatic carbocycles. The molecule has 0 amide bonds. The van der Waals surface area contributed by atoms with Crippen molar-refractivity contribution in [2.24, 2.45) is 0 Å². The summed E-state index contributed by atoms with van der Waals surface area (Å²) in [7, 11) is 0. The molecule has 1 aromatic rings. The summed E-state index contributed by atoms with van der Waals surface area (Å²) in [6.07, 6.45) is 3.85. The van der Waals surface area contributed by atoms with Crippen LogP contribution in [0.5, 0.6) is 0 Å². The minimum absolute atomic E-state index is 0.581. The zero-order valence-electron chi connectivity index (χ0n) is 10.5. The first kappa shape index (κ1) is 11.3. The Kier molecular flexibility index (Phi) is 3.08. The standard InChI is InChI=1S/C12H22N4/c1-4-16-12(11(13)10(3)14-16)15-8-6-5-7-9(15)2/h9H,4-8,13H2,1-3H3. The molecular weight excluding hydrogens is 200 g/mol. The first-order valence-electron chi connectivity index (χ1n) is 6.24. The maximum atomic E-state index is 6.15. The normalized spacial score (nSPS) is 21.4. The molecule has 0 bridgehead atoms. The van der Waals surface area contributed by atoms with Gasteiger partial charge < -0.3 is 10.6 Å². The highest BCUT2D eigenvalue weighted by atomic mass is 15.4. The SMILES string of the molecule is CCn1nc(C)c(N)c1N1CCCCC1C. The first-order valence-corrected chi connectivity index (χ1v) is 6.24. The molecule has 0 spiro atoms. The number of nitrogens with two attached hydrogens (primary N) is 1. The van der Waals surface area contributed by atoms with Gasteiger partial charge in [0.1, 0.15) is 0 Å². The topological polar surface area (TPSA) is 47.1 Å². The smallest absolute Gasteiger partial charge is 0.150 e. The Morgan fingerprint density at radius 3 is 2.81 bits per heavy atom. The lowest BCUT2D eigenvalue weighted by atomic mass is 10.0. The van der Waals surface area contributed by atoms with E-state index in [9.17, 15) is 0 Å². The summed E-state index contributed by atoms with van der Waals surface area (Å²) in [6, 6.07) is 0.581. The Hall–Kier alpha value is -1.19. The molecule has 4 heteroatoms. The lowest BCUT2D eigenvalue weighted by molar-refractivity contribution is 0.469. The molecule has 0 aromatic carbocycles. The van der Waals surface area contributed by atoms with E-state index >= 15 is 0 Å². The van der Waals surface area contributed by atoms with Gasteiger partial charge >= 0.3 is 0 Å². The Balaban J connectivity index is 2.37. The largest absolute Gasteiger partial charge is 0.394 e. The molecule has 1 aliphatic heterocycles. The predicted octanol–water partition coefficient (Wildman–Crippen LogP) is 2.17. The molecule has 1 saturated heterocycles. The van der Waals surface area contributed by atoms with Crippen LogP contribution in [0.3, 0.4) is 0 Å². The summed E-state index contributed by atoms with van der Waals surface area (Å²) < 4.78 is 2.03. The third kappa shape index (κ3) is 1.77. The average molecular weight is 222 g/mol. The predicted molar refractivity (Wildman–Crippen MR) is 67.7 cm³/mol. The Bertz CT molecular complexity index is 369. The molecule has 0 saturated carbocycles. The van der Waals surface area contributed by atoms with Crippen molar-refractivity contribution in [2.45, 2.75) is 52.6 Å². The van der Waals surface area contributed by atoms with Gasteiger partial charge in [-0.25, -0.2) is 4.68 Å². The van der Waals surface area contributed by atoms with E-state index in [0.29, 0.717) is 6.04 Å². The lowest BCUT2D eigenvalue weighted by Gasteiger charge is -2.35. The van der Waals surface area contributed by atoms with E-state index in [0.717, 1.165) is 30.3 Å². The summed E-state index contributed by atoms with van der Waals surface area (Å²) in [6.45, 7) is 8.37. The van der Waals surface area contributed by atoms with Gasteiger partial charge in [0.05, 0.1) is 11.4 Å². The Morgan fingerprint density at radius 2 is 2.19 bits per heavy atom. The number of aryl methyl sites for hydroxylation is 2. The second-order valence-electron chi connectivity index (χ2n) is 4.68. The zero-order valence-corrected chi connectivity index (χ0v) is 10.5. The number of hydrogen-bond donors (Lipinski definition) is 1. The van der Waals surface area contributed by atoms with Crippen LogP contribution in [0, 0.1) is 6.92 Å². The summed E-state index contributed by atoms with van der Waals surface area (Å²) in [5.74, 6) is 1.13. The van der Waals surface area contributed by atoms with Crippen LogP contribution in [0.4, 0.5) is 11.5 Å². The number of anilines is 2. The number of hydrogen-bond acceptors (Lipinski definition) is 3. The number of aromatic nitrogens is 2. The molecule has 1 aliphatic rings. The molecule has 1 unspecified atom stereocenters. The van der Waals surface area contributed by atoms with Gasteiger partial charge in [-0.1, -0.05) is 0 Å². The molecule has 2 N–H and O–H groups in total. The molecule has 16 heavy (non-hydrogen) atoms. The van der Waals surface area contributed by atoms with Gasteiger partial charge in [0.25, 0.3) is 0 Å². The van der Waals surface area contributed by atoms with Gasteiger partial charge in [-0.2, -0.15) is 5.10 Å². The minimum Gasteiger partial charge on any atom is -0.394 e. The van der Waals surface area contributed by atoms with Gasteiger partial charge in [-0.05, 0) is 40.0 Å². The maximum Gasteiger partial charge on any atom is 0.150 e. The van der Waals surface area contributed by atoms with Crippen molar-refractivity contribution in [2.75, 3.05) is 17.2 Å². The van der Waals surface area contributed by atoms with Crippen LogP contribution in [0.15, 0.2) is 0 Å². The Morgan fingerprint density at radius 1 is 1.44 bits per heavy atom. The first-order chi connectivity index (χ1) is 7.65.